The topological polar surface area (TPSA) is 16.1 Å². The van der Waals surface area contributed by atoms with Gasteiger partial charge < -0.3 is 4.90 Å². The minimum absolute atomic E-state index is 1.04. The number of nitrogens with zero attached hydrogens (tertiary/aromatic N) is 2. The highest BCUT2D eigenvalue weighted by molar-refractivity contribution is 5.70. The monoisotopic (exact) mass is 238 g/mol. The standard InChI is InChI=1S/C16H18N2/c1-13-4-5-15(12-17-13)7-6-14-8-10-16(11-9-14)18(2)3/h4-12H,1-3H3. The van der Waals surface area contributed by atoms with E-state index in [9.17, 15) is 0 Å². The maximum atomic E-state index is 4.27. The van der Waals surface area contributed by atoms with Gasteiger partial charge in [-0.3, -0.25) is 4.98 Å². The number of aromatic nitrogens is 1. The van der Waals surface area contributed by atoms with Crippen LogP contribution < -0.4 is 4.90 Å². The number of rotatable bonds is 3. The SMILES string of the molecule is Cc1ccc(C=Cc2ccc(N(C)C)cc2)cn1. The fourth-order valence-corrected chi connectivity index (χ4v) is 1.65. The number of hydrogen-bond acceptors (Lipinski definition) is 2. The summed E-state index contributed by atoms with van der Waals surface area (Å²) in [7, 11) is 4.09. The fraction of sp³-hybridized carbons (Fsp3) is 0.188. The van der Waals surface area contributed by atoms with Crippen molar-refractivity contribution in [3.05, 3.63) is 59.4 Å². The van der Waals surface area contributed by atoms with Crippen LogP contribution in [0.2, 0.25) is 0 Å². The zero-order chi connectivity index (χ0) is 13.0. The first-order valence-electron chi connectivity index (χ1n) is 6.03. The summed E-state index contributed by atoms with van der Waals surface area (Å²) in [5.41, 5.74) is 4.57. The first kappa shape index (κ1) is 12.4. The van der Waals surface area contributed by atoms with Crippen molar-refractivity contribution in [3.8, 4) is 0 Å². The molecule has 2 aromatic rings. The highest BCUT2D eigenvalue weighted by Gasteiger charge is 1.93. The number of hydrogen-bond donors (Lipinski definition) is 0. The van der Waals surface area contributed by atoms with Crippen LogP contribution >= 0.6 is 0 Å². The molecule has 2 nitrogen and oxygen atoms in total. The Morgan fingerprint density at radius 1 is 0.889 bits per heavy atom. The number of benzene rings is 1. The minimum Gasteiger partial charge on any atom is -0.378 e. The lowest BCUT2D eigenvalue weighted by Gasteiger charge is -2.11. The molecule has 1 aromatic carbocycles. The third kappa shape index (κ3) is 3.20. The highest BCUT2D eigenvalue weighted by Crippen LogP contribution is 2.14. The smallest absolute Gasteiger partial charge is 0.0373 e. The zero-order valence-electron chi connectivity index (χ0n) is 11.1. The number of anilines is 1. The van der Waals surface area contributed by atoms with Gasteiger partial charge in [0.05, 0.1) is 0 Å². The summed E-state index contributed by atoms with van der Waals surface area (Å²) < 4.78 is 0. The van der Waals surface area contributed by atoms with Gasteiger partial charge in [-0.2, -0.15) is 0 Å². The van der Waals surface area contributed by atoms with E-state index in [1.165, 1.54) is 11.3 Å². The maximum absolute atomic E-state index is 4.27. The van der Waals surface area contributed by atoms with Gasteiger partial charge in [-0.15, -0.1) is 0 Å². The summed E-state index contributed by atoms with van der Waals surface area (Å²) >= 11 is 0. The molecular formula is C16H18N2. The Bertz CT molecular complexity index is 522. The molecule has 0 aliphatic rings. The van der Waals surface area contributed by atoms with Gasteiger partial charge in [0, 0.05) is 31.7 Å². The third-order valence-electron chi connectivity index (χ3n) is 2.81. The van der Waals surface area contributed by atoms with E-state index in [0.29, 0.717) is 0 Å². The van der Waals surface area contributed by atoms with Gasteiger partial charge in [0.1, 0.15) is 0 Å². The molecule has 0 amide bonds. The van der Waals surface area contributed by atoms with Crippen molar-refractivity contribution in [1.82, 2.24) is 4.98 Å². The molecule has 2 rings (SSSR count). The van der Waals surface area contributed by atoms with Crippen LogP contribution in [0.15, 0.2) is 42.6 Å². The Morgan fingerprint density at radius 2 is 1.50 bits per heavy atom. The molecule has 0 fully saturated rings. The molecule has 0 radical (unpaired) electrons. The fourth-order valence-electron chi connectivity index (χ4n) is 1.65. The molecule has 0 unspecified atom stereocenters. The summed E-state index contributed by atoms with van der Waals surface area (Å²) in [5, 5.41) is 0. The quantitative estimate of drug-likeness (QED) is 0.811. The van der Waals surface area contributed by atoms with Crippen LogP contribution in [-0.4, -0.2) is 19.1 Å². The summed E-state index contributed by atoms with van der Waals surface area (Å²) in [6, 6.07) is 12.6. The Labute approximate surface area is 109 Å². The van der Waals surface area contributed by atoms with Crippen LogP contribution in [0, 0.1) is 6.92 Å². The van der Waals surface area contributed by atoms with Crippen molar-refractivity contribution >= 4 is 17.8 Å². The van der Waals surface area contributed by atoms with Gasteiger partial charge >= 0.3 is 0 Å². The molecule has 1 aromatic heterocycles. The molecule has 0 aliphatic heterocycles. The van der Waals surface area contributed by atoms with Gasteiger partial charge in [0.25, 0.3) is 0 Å². The van der Waals surface area contributed by atoms with Crippen molar-refractivity contribution in [3.63, 3.8) is 0 Å². The van der Waals surface area contributed by atoms with E-state index in [1.807, 2.05) is 33.3 Å². The van der Waals surface area contributed by atoms with E-state index in [0.717, 1.165) is 11.3 Å². The largest absolute Gasteiger partial charge is 0.378 e. The second-order valence-corrected chi connectivity index (χ2v) is 4.55. The molecule has 2 heteroatoms. The van der Waals surface area contributed by atoms with E-state index in [1.54, 1.807) is 0 Å². The molecule has 1 heterocycles. The summed E-state index contributed by atoms with van der Waals surface area (Å²) in [6.45, 7) is 1.99. The lowest BCUT2D eigenvalue weighted by Crippen LogP contribution is -2.07. The third-order valence-corrected chi connectivity index (χ3v) is 2.81. The van der Waals surface area contributed by atoms with Crippen LogP contribution in [0.5, 0.6) is 0 Å². The highest BCUT2D eigenvalue weighted by atomic mass is 15.1. The average Bonchev–Trinajstić information content (AvgIpc) is 2.38. The van der Waals surface area contributed by atoms with Gasteiger partial charge in [-0.1, -0.05) is 30.4 Å². The molecule has 0 atom stereocenters. The molecule has 0 saturated heterocycles. The molecule has 18 heavy (non-hydrogen) atoms. The summed E-state index contributed by atoms with van der Waals surface area (Å²) in [4.78, 5) is 6.37. The Morgan fingerprint density at radius 3 is 2.06 bits per heavy atom. The predicted molar refractivity (Wildman–Crippen MR) is 78.7 cm³/mol. The van der Waals surface area contributed by atoms with Crippen LogP contribution in [0.3, 0.4) is 0 Å². The zero-order valence-corrected chi connectivity index (χ0v) is 11.1. The Hall–Kier alpha value is -2.09. The minimum atomic E-state index is 1.04. The van der Waals surface area contributed by atoms with Gasteiger partial charge in [0.15, 0.2) is 0 Å². The molecule has 0 aliphatic carbocycles. The van der Waals surface area contributed by atoms with Gasteiger partial charge in [-0.25, -0.2) is 0 Å². The Balaban J connectivity index is 2.11. The van der Waals surface area contributed by atoms with Crippen molar-refractivity contribution in [2.45, 2.75) is 6.92 Å². The first-order valence-corrected chi connectivity index (χ1v) is 6.03. The van der Waals surface area contributed by atoms with Crippen LogP contribution in [-0.2, 0) is 0 Å². The molecule has 0 bridgehead atoms. The van der Waals surface area contributed by atoms with Crippen molar-refractivity contribution in [1.29, 1.82) is 0 Å². The van der Waals surface area contributed by atoms with Crippen LogP contribution in [0.1, 0.15) is 16.8 Å². The van der Waals surface area contributed by atoms with Crippen LogP contribution in [0.4, 0.5) is 5.69 Å². The first-order chi connectivity index (χ1) is 8.65. The van der Waals surface area contributed by atoms with E-state index in [-0.39, 0.29) is 0 Å². The molecule has 92 valence electrons. The molecular weight excluding hydrogens is 220 g/mol. The molecule has 0 spiro atoms. The van der Waals surface area contributed by atoms with Gasteiger partial charge in [-0.05, 0) is 36.2 Å². The second kappa shape index (κ2) is 5.50. The Kier molecular flexibility index (Phi) is 3.78. The molecule has 0 saturated carbocycles. The van der Waals surface area contributed by atoms with Crippen molar-refractivity contribution in [2.24, 2.45) is 0 Å². The summed E-state index contributed by atoms with van der Waals surface area (Å²) in [5.74, 6) is 0. The van der Waals surface area contributed by atoms with Crippen LogP contribution in [0.25, 0.3) is 12.2 Å². The summed E-state index contributed by atoms with van der Waals surface area (Å²) in [6.07, 6.45) is 6.07. The van der Waals surface area contributed by atoms with E-state index in [2.05, 4.69) is 52.4 Å². The second-order valence-electron chi connectivity index (χ2n) is 4.55. The van der Waals surface area contributed by atoms with Gasteiger partial charge in [0.2, 0.25) is 0 Å². The number of pyridine rings is 1. The lowest BCUT2D eigenvalue weighted by atomic mass is 10.1. The van der Waals surface area contributed by atoms with E-state index >= 15 is 0 Å². The van der Waals surface area contributed by atoms with E-state index in [4.69, 9.17) is 0 Å². The maximum Gasteiger partial charge on any atom is 0.0373 e. The predicted octanol–water partition coefficient (Wildman–Crippen LogP) is 3.63. The normalized spacial score (nSPS) is 10.8. The lowest BCUT2D eigenvalue weighted by molar-refractivity contribution is 1.13. The van der Waals surface area contributed by atoms with Crippen molar-refractivity contribution < 1.29 is 0 Å². The van der Waals surface area contributed by atoms with E-state index < -0.39 is 0 Å². The average molecular weight is 238 g/mol. The molecule has 0 N–H and O–H groups in total. The number of aryl methyl sites for hydroxylation is 1. The van der Waals surface area contributed by atoms with Crippen molar-refractivity contribution in [2.75, 3.05) is 19.0 Å².